The first-order chi connectivity index (χ1) is 13.1. The molecule has 0 aromatic carbocycles. The second-order valence-electron chi connectivity index (χ2n) is 11.3. The summed E-state index contributed by atoms with van der Waals surface area (Å²) in [5, 5.41) is 7.39. The maximum atomic E-state index is 6.16. The summed E-state index contributed by atoms with van der Waals surface area (Å²) in [6, 6.07) is 0.455. The molecule has 2 saturated heterocycles. The van der Waals surface area contributed by atoms with Gasteiger partial charge in [0, 0.05) is 47.8 Å². The van der Waals surface area contributed by atoms with Gasteiger partial charge in [-0.3, -0.25) is 0 Å². The van der Waals surface area contributed by atoms with Crippen LogP contribution >= 0.6 is 11.6 Å². The van der Waals surface area contributed by atoms with Gasteiger partial charge in [-0.05, 0) is 67.0 Å². The number of ether oxygens (including phenoxy) is 2. The van der Waals surface area contributed by atoms with Crippen LogP contribution in [0.2, 0.25) is 5.28 Å². The normalized spacial score (nSPS) is 26.1. The maximum Gasteiger partial charge on any atom is 0.324 e. The Labute approximate surface area is 179 Å². The summed E-state index contributed by atoms with van der Waals surface area (Å²) in [5.74, 6) is 0. The average molecular weight is 426 g/mol. The average Bonchev–Trinajstić information content (AvgIpc) is 2.38. The van der Waals surface area contributed by atoms with Crippen LogP contribution in [0.5, 0.6) is 12.0 Å². The molecular formula is C21H36ClN5O2. The second kappa shape index (κ2) is 7.50. The Morgan fingerprint density at radius 3 is 1.28 bits per heavy atom. The van der Waals surface area contributed by atoms with Crippen LogP contribution in [0.25, 0.3) is 0 Å². The molecule has 7 nitrogen and oxygen atoms in total. The third-order valence-corrected chi connectivity index (χ3v) is 5.59. The van der Waals surface area contributed by atoms with E-state index in [1.807, 2.05) is 0 Å². The van der Waals surface area contributed by atoms with Gasteiger partial charge in [-0.2, -0.15) is 9.97 Å². The molecule has 2 fully saturated rings. The van der Waals surface area contributed by atoms with Gasteiger partial charge in [0.2, 0.25) is 5.28 Å². The van der Waals surface area contributed by atoms with Gasteiger partial charge in [0.1, 0.15) is 12.2 Å². The topological polar surface area (TPSA) is 81.2 Å². The molecule has 0 spiro atoms. The Hall–Kier alpha value is -1.18. The molecule has 0 unspecified atom stereocenters. The summed E-state index contributed by atoms with van der Waals surface area (Å²) < 4.78 is 12.3. The van der Waals surface area contributed by atoms with Crippen LogP contribution in [-0.4, -0.2) is 49.3 Å². The van der Waals surface area contributed by atoms with Crippen molar-refractivity contribution in [2.75, 3.05) is 0 Å². The van der Waals surface area contributed by atoms with Crippen LogP contribution in [0.3, 0.4) is 0 Å². The van der Waals surface area contributed by atoms with Crippen LogP contribution in [0, 0.1) is 0 Å². The van der Waals surface area contributed by atoms with E-state index in [0.29, 0.717) is 0 Å². The van der Waals surface area contributed by atoms with E-state index in [1.165, 1.54) is 0 Å². The van der Waals surface area contributed by atoms with Crippen molar-refractivity contribution in [3.8, 4) is 12.0 Å². The zero-order chi connectivity index (χ0) is 21.7. The molecule has 164 valence electrons. The van der Waals surface area contributed by atoms with Crippen molar-refractivity contribution in [2.24, 2.45) is 0 Å². The maximum absolute atomic E-state index is 6.16. The fraction of sp³-hybridized carbons (Fsp3) is 0.857. The number of rotatable bonds is 4. The number of aromatic nitrogens is 3. The molecule has 0 bridgehead atoms. The van der Waals surface area contributed by atoms with Crippen molar-refractivity contribution in [2.45, 2.75) is 115 Å². The molecule has 2 aliphatic heterocycles. The zero-order valence-electron chi connectivity index (χ0n) is 19.0. The molecule has 0 atom stereocenters. The Balaban J connectivity index is 1.73. The highest BCUT2D eigenvalue weighted by molar-refractivity contribution is 6.28. The second-order valence-corrected chi connectivity index (χ2v) is 11.6. The van der Waals surface area contributed by atoms with E-state index < -0.39 is 0 Å². The lowest BCUT2D eigenvalue weighted by Crippen LogP contribution is -2.60. The van der Waals surface area contributed by atoms with E-state index in [1.54, 1.807) is 0 Å². The van der Waals surface area contributed by atoms with Gasteiger partial charge in [0.15, 0.2) is 0 Å². The first-order valence-electron chi connectivity index (χ1n) is 10.5. The third kappa shape index (κ3) is 6.40. The molecule has 0 radical (unpaired) electrons. The summed E-state index contributed by atoms with van der Waals surface area (Å²) in [4.78, 5) is 12.8. The van der Waals surface area contributed by atoms with Crippen molar-refractivity contribution in [1.82, 2.24) is 25.6 Å². The summed E-state index contributed by atoms with van der Waals surface area (Å²) in [6.07, 6.45) is 3.40. The number of piperidine rings is 2. The van der Waals surface area contributed by atoms with Gasteiger partial charge >= 0.3 is 12.0 Å². The molecule has 1 aromatic heterocycles. The first kappa shape index (κ1) is 22.5. The van der Waals surface area contributed by atoms with Crippen LogP contribution in [0.1, 0.15) is 81.1 Å². The van der Waals surface area contributed by atoms with Crippen molar-refractivity contribution in [3.05, 3.63) is 5.28 Å². The van der Waals surface area contributed by atoms with Crippen LogP contribution in [0.4, 0.5) is 0 Å². The Kier molecular flexibility index (Phi) is 5.82. The lowest BCUT2D eigenvalue weighted by molar-refractivity contribution is 0.0413. The fourth-order valence-electron chi connectivity index (χ4n) is 5.34. The predicted molar refractivity (Wildman–Crippen MR) is 115 cm³/mol. The molecule has 3 rings (SSSR count). The zero-order valence-corrected chi connectivity index (χ0v) is 19.8. The highest BCUT2D eigenvalue weighted by atomic mass is 35.5. The van der Waals surface area contributed by atoms with Crippen LogP contribution in [0.15, 0.2) is 0 Å². The quantitative estimate of drug-likeness (QED) is 0.756. The lowest BCUT2D eigenvalue weighted by Gasteiger charge is -2.46. The largest absolute Gasteiger partial charge is 0.460 e. The molecule has 0 aliphatic carbocycles. The minimum Gasteiger partial charge on any atom is -0.460 e. The minimum atomic E-state index is -0.0329. The van der Waals surface area contributed by atoms with Gasteiger partial charge < -0.3 is 20.1 Å². The van der Waals surface area contributed by atoms with Gasteiger partial charge in [-0.25, -0.2) is 0 Å². The third-order valence-electron chi connectivity index (χ3n) is 5.42. The summed E-state index contributed by atoms with van der Waals surface area (Å²) in [5.41, 5.74) is -0.132. The molecule has 0 saturated carbocycles. The lowest BCUT2D eigenvalue weighted by atomic mass is 9.81. The standard InChI is InChI=1S/C21H36ClN5O2/c1-18(2)9-13(10-19(3,4)26-18)28-16-23-15(22)24-17(25-16)29-14-11-20(5,6)27-21(7,8)12-14/h13-14,26-27H,9-12H2,1-8H3. The molecule has 2 aliphatic rings. The van der Waals surface area contributed by atoms with Gasteiger partial charge in [0.25, 0.3) is 0 Å². The van der Waals surface area contributed by atoms with Gasteiger partial charge in [-0.1, -0.05) is 0 Å². The smallest absolute Gasteiger partial charge is 0.324 e. The van der Waals surface area contributed by atoms with E-state index in [9.17, 15) is 0 Å². The Morgan fingerprint density at radius 2 is 0.966 bits per heavy atom. The first-order valence-corrected chi connectivity index (χ1v) is 10.8. The van der Waals surface area contributed by atoms with Crippen molar-refractivity contribution in [3.63, 3.8) is 0 Å². The molecule has 29 heavy (non-hydrogen) atoms. The van der Waals surface area contributed by atoms with E-state index >= 15 is 0 Å². The summed E-state index contributed by atoms with van der Waals surface area (Å²) >= 11 is 6.16. The van der Waals surface area contributed by atoms with E-state index in [0.717, 1.165) is 25.7 Å². The number of hydrogen-bond acceptors (Lipinski definition) is 7. The fourth-order valence-corrected chi connectivity index (χ4v) is 5.49. The predicted octanol–water partition coefficient (Wildman–Crippen LogP) is 3.90. The van der Waals surface area contributed by atoms with E-state index in [2.05, 4.69) is 81.0 Å². The van der Waals surface area contributed by atoms with Crippen LogP contribution in [-0.2, 0) is 0 Å². The summed E-state index contributed by atoms with van der Waals surface area (Å²) in [7, 11) is 0. The van der Waals surface area contributed by atoms with E-state index in [4.69, 9.17) is 21.1 Å². The monoisotopic (exact) mass is 425 g/mol. The minimum absolute atomic E-state index is 0.00989. The highest BCUT2D eigenvalue weighted by Crippen LogP contribution is 2.33. The number of nitrogens with one attached hydrogen (secondary N) is 2. The molecule has 2 N–H and O–H groups in total. The van der Waals surface area contributed by atoms with E-state index in [-0.39, 0.29) is 51.7 Å². The number of hydrogen-bond donors (Lipinski definition) is 2. The summed E-state index contributed by atoms with van der Waals surface area (Å²) in [6.45, 7) is 17.4. The Morgan fingerprint density at radius 1 is 0.655 bits per heavy atom. The number of nitrogens with zero attached hydrogens (tertiary/aromatic N) is 3. The van der Waals surface area contributed by atoms with Crippen molar-refractivity contribution in [1.29, 1.82) is 0 Å². The number of halogens is 1. The molecule has 3 heterocycles. The van der Waals surface area contributed by atoms with Gasteiger partial charge in [0.05, 0.1) is 0 Å². The van der Waals surface area contributed by atoms with Gasteiger partial charge in [-0.15, -0.1) is 4.98 Å². The molecule has 8 heteroatoms. The van der Waals surface area contributed by atoms with Crippen LogP contribution < -0.4 is 20.1 Å². The van der Waals surface area contributed by atoms with Crippen molar-refractivity contribution >= 4 is 11.6 Å². The highest BCUT2D eigenvalue weighted by Gasteiger charge is 2.40. The molecule has 0 amide bonds. The van der Waals surface area contributed by atoms with Crippen molar-refractivity contribution < 1.29 is 9.47 Å². The Bertz CT molecular complexity index is 660. The SMILES string of the molecule is CC1(C)CC(Oc2nc(Cl)nc(OC3CC(C)(C)NC(C)(C)C3)n2)CC(C)(C)N1. The molecular weight excluding hydrogens is 390 g/mol. The molecule has 1 aromatic rings.